The maximum Gasteiger partial charge on any atom is 0.408 e. The summed E-state index contributed by atoms with van der Waals surface area (Å²) in [6.45, 7) is 23.5. The average molecular weight is 841 g/mol. The smallest absolute Gasteiger partial charge is 0.408 e. The summed E-state index contributed by atoms with van der Waals surface area (Å²) in [5, 5.41) is 23.6. The molecule has 0 aromatic heterocycles. The van der Waals surface area contributed by atoms with Crippen molar-refractivity contribution >= 4 is 29.9 Å². The largest absolute Gasteiger partial charge is 0.446 e. The number of nitrogens with one attached hydrogen (secondary N) is 4. The van der Waals surface area contributed by atoms with Crippen molar-refractivity contribution in [1.29, 1.82) is 0 Å². The summed E-state index contributed by atoms with van der Waals surface area (Å²) in [4.78, 5) is 69.2. The van der Waals surface area contributed by atoms with Gasteiger partial charge in [0.2, 0.25) is 17.7 Å². The average Bonchev–Trinajstić information content (AvgIpc) is 3.60. The number of likely N-dealkylation sites (tertiary alicyclic amines) is 1. The van der Waals surface area contributed by atoms with Crippen molar-refractivity contribution in [3.05, 3.63) is 48.0 Å². The molecule has 1 aromatic carbocycles. The number of ether oxygens (including phenoxy) is 2. The van der Waals surface area contributed by atoms with Crippen LogP contribution >= 0.6 is 0 Å². The van der Waals surface area contributed by atoms with Crippen molar-refractivity contribution in [2.24, 2.45) is 11.8 Å². The molecule has 14 nitrogen and oxygen atoms in total. The first kappa shape index (κ1) is 50.2. The molecule has 0 aliphatic carbocycles. The number of nitrogens with zero attached hydrogens (tertiary/aromatic N) is 2. The van der Waals surface area contributed by atoms with Crippen molar-refractivity contribution in [1.82, 2.24) is 31.2 Å². The maximum absolute atomic E-state index is 14.5. The summed E-state index contributed by atoms with van der Waals surface area (Å²) >= 11 is 0. The Morgan fingerprint density at radius 3 is 2.12 bits per heavy atom. The molecule has 0 radical (unpaired) electrons. The summed E-state index contributed by atoms with van der Waals surface area (Å²) in [7, 11) is 0. The molecule has 2 saturated heterocycles. The molecular weight excluding hydrogens is 765 g/mol. The number of amides is 5. The van der Waals surface area contributed by atoms with E-state index in [1.54, 1.807) is 25.7 Å². The first-order chi connectivity index (χ1) is 27.8. The number of carbonyl (C=O) groups is 5. The highest BCUT2D eigenvalue weighted by atomic mass is 16.6. The Hall–Kier alpha value is -4.17. The zero-order valence-electron chi connectivity index (χ0n) is 38.5. The third kappa shape index (κ3) is 16.7. The second kappa shape index (κ2) is 21.6. The van der Waals surface area contributed by atoms with Crippen LogP contribution in [0, 0.1) is 11.8 Å². The van der Waals surface area contributed by atoms with Crippen LogP contribution in [0.25, 0.3) is 0 Å². The number of hydrogen-bond acceptors (Lipinski definition) is 9. The van der Waals surface area contributed by atoms with E-state index in [9.17, 15) is 29.2 Å². The van der Waals surface area contributed by atoms with E-state index in [1.807, 2.05) is 91.0 Å². The van der Waals surface area contributed by atoms with Gasteiger partial charge in [0, 0.05) is 42.5 Å². The zero-order valence-corrected chi connectivity index (χ0v) is 38.5. The standard InChI is InChI=1S/C46H76N6O8/c1-31(2)27-34(48-42(57)60-44(6,7)8)24-23-33(28-32-19-14-13-15-20-32)40(55)51-26-18-22-37(51)39(54)49-36(38(53)50-43(3,4)5)21-16-17-25-47-41(56)59-35-29-45(9,10)52(58)46(11,12)30-35/h13-15,19-20,23-24,31,33-37,58H,16-18,21-22,25-30H2,1-12H3,(H,47,56)(H,48,57)(H,49,54)(H,50,53)/b24-23+/t33?,34?,36?,37-/m0/s1. The summed E-state index contributed by atoms with van der Waals surface area (Å²) in [6.07, 6.45) is 6.79. The monoisotopic (exact) mass is 841 g/mol. The Morgan fingerprint density at radius 2 is 1.53 bits per heavy atom. The van der Waals surface area contributed by atoms with Crippen LogP contribution in [0.1, 0.15) is 140 Å². The molecule has 3 rings (SSSR count). The molecule has 0 bridgehead atoms. The predicted molar refractivity (Wildman–Crippen MR) is 233 cm³/mol. The van der Waals surface area contributed by atoms with E-state index >= 15 is 0 Å². The molecule has 1 aromatic rings. The molecule has 2 fully saturated rings. The van der Waals surface area contributed by atoms with Gasteiger partial charge in [-0.3, -0.25) is 14.4 Å². The van der Waals surface area contributed by atoms with Crippen LogP contribution in [0.5, 0.6) is 0 Å². The van der Waals surface area contributed by atoms with E-state index in [0.717, 1.165) is 5.56 Å². The highest BCUT2D eigenvalue weighted by Crippen LogP contribution is 2.38. The minimum Gasteiger partial charge on any atom is -0.446 e. The highest BCUT2D eigenvalue weighted by Gasteiger charge is 2.46. The van der Waals surface area contributed by atoms with Crippen molar-refractivity contribution in [2.45, 2.75) is 187 Å². The Balaban J connectivity index is 1.70. The number of benzene rings is 1. The lowest BCUT2D eigenvalue weighted by Crippen LogP contribution is -2.60. The van der Waals surface area contributed by atoms with Gasteiger partial charge in [-0.15, -0.1) is 0 Å². The number of hydroxylamine groups is 2. The SMILES string of the molecule is CC(C)CC(/C=C/C(Cc1ccccc1)C(=O)N1CCC[C@H]1C(=O)NC(CCCCNC(=O)OC1CC(C)(C)N(O)C(C)(C)C1)C(=O)NC(C)(C)C)NC(=O)OC(C)(C)C. The van der Waals surface area contributed by atoms with Gasteiger partial charge < -0.3 is 40.8 Å². The van der Waals surface area contributed by atoms with E-state index in [2.05, 4.69) is 35.1 Å². The Labute approximate surface area is 359 Å². The van der Waals surface area contributed by atoms with Gasteiger partial charge in [0.05, 0.1) is 12.0 Å². The summed E-state index contributed by atoms with van der Waals surface area (Å²) in [6, 6.07) is 7.70. The summed E-state index contributed by atoms with van der Waals surface area (Å²) in [5.41, 5.74) is -1.35. The lowest BCUT2D eigenvalue weighted by atomic mass is 9.80. The number of hydrogen-bond donors (Lipinski definition) is 5. The van der Waals surface area contributed by atoms with Crippen LogP contribution in [0.2, 0.25) is 0 Å². The van der Waals surface area contributed by atoms with Crippen molar-refractivity contribution in [3.63, 3.8) is 0 Å². The normalized spacial score (nSPS) is 20.0. The number of alkyl carbamates (subject to hydrolysis) is 2. The summed E-state index contributed by atoms with van der Waals surface area (Å²) in [5.74, 6) is -1.27. The van der Waals surface area contributed by atoms with Gasteiger partial charge in [-0.05, 0) is 126 Å². The van der Waals surface area contributed by atoms with E-state index in [0.29, 0.717) is 70.9 Å². The molecule has 60 heavy (non-hydrogen) atoms. The van der Waals surface area contributed by atoms with Gasteiger partial charge in [-0.1, -0.05) is 56.3 Å². The highest BCUT2D eigenvalue weighted by molar-refractivity contribution is 5.93. The third-order valence-electron chi connectivity index (χ3n) is 10.7. The minimum absolute atomic E-state index is 0.198. The Morgan fingerprint density at radius 1 is 0.900 bits per heavy atom. The first-order valence-corrected chi connectivity index (χ1v) is 21.8. The number of piperidine rings is 1. The molecule has 0 spiro atoms. The molecule has 2 aliphatic rings. The Bertz CT molecular complexity index is 1600. The van der Waals surface area contributed by atoms with Gasteiger partial charge in [0.1, 0.15) is 23.8 Å². The van der Waals surface area contributed by atoms with Crippen LogP contribution in [-0.4, -0.2) is 105 Å². The van der Waals surface area contributed by atoms with Gasteiger partial charge in [0.25, 0.3) is 0 Å². The fourth-order valence-corrected chi connectivity index (χ4v) is 8.15. The fraction of sp³-hybridized carbons (Fsp3) is 0.717. The zero-order chi connectivity index (χ0) is 45.1. The topological polar surface area (TPSA) is 179 Å². The molecule has 2 aliphatic heterocycles. The lowest BCUT2D eigenvalue weighted by molar-refractivity contribution is -0.256. The van der Waals surface area contributed by atoms with Gasteiger partial charge in [-0.25, -0.2) is 9.59 Å². The van der Waals surface area contributed by atoms with E-state index in [4.69, 9.17) is 9.47 Å². The van der Waals surface area contributed by atoms with Crippen molar-refractivity contribution in [3.8, 4) is 0 Å². The molecule has 4 atom stereocenters. The van der Waals surface area contributed by atoms with Gasteiger partial charge in [-0.2, -0.15) is 5.06 Å². The molecular formula is C46H76N6O8. The number of unbranched alkanes of at least 4 members (excludes halogenated alkanes) is 1. The van der Waals surface area contributed by atoms with Crippen LogP contribution < -0.4 is 21.3 Å². The van der Waals surface area contributed by atoms with Crippen molar-refractivity contribution < 1.29 is 38.7 Å². The Kier molecular flexibility index (Phi) is 18.0. The van der Waals surface area contributed by atoms with Gasteiger partial charge >= 0.3 is 12.2 Å². The number of rotatable bonds is 17. The molecule has 5 amide bonds. The predicted octanol–water partition coefficient (Wildman–Crippen LogP) is 7.04. The quantitative estimate of drug-likeness (QED) is 0.0813. The maximum atomic E-state index is 14.5. The minimum atomic E-state index is -0.856. The first-order valence-electron chi connectivity index (χ1n) is 21.8. The van der Waals surface area contributed by atoms with Crippen LogP contribution in [0.15, 0.2) is 42.5 Å². The second-order valence-corrected chi connectivity index (χ2v) is 20.3. The molecule has 3 unspecified atom stereocenters. The molecule has 0 saturated carbocycles. The molecule has 2 heterocycles. The second-order valence-electron chi connectivity index (χ2n) is 20.3. The molecule has 14 heteroatoms. The van der Waals surface area contributed by atoms with Crippen molar-refractivity contribution in [2.75, 3.05) is 13.1 Å². The van der Waals surface area contributed by atoms with Gasteiger partial charge in [0.15, 0.2) is 0 Å². The van der Waals surface area contributed by atoms with E-state index in [-0.39, 0.29) is 35.8 Å². The van der Waals surface area contributed by atoms with E-state index < -0.39 is 52.4 Å². The molecule has 5 N–H and O–H groups in total. The fourth-order valence-electron chi connectivity index (χ4n) is 8.15. The molecule has 338 valence electrons. The number of carbonyl (C=O) groups excluding carboxylic acids is 5. The van der Waals surface area contributed by atoms with Crippen LogP contribution in [-0.2, 0) is 30.3 Å². The van der Waals surface area contributed by atoms with Crippen LogP contribution in [0.3, 0.4) is 0 Å². The summed E-state index contributed by atoms with van der Waals surface area (Å²) < 4.78 is 11.2. The lowest BCUT2D eigenvalue weighted by Gasteiger charge is -2.50. The third-order valence-corrected chi connectivity index (χ3v) is 10.7. The van der Waals surface area contributed by atoms with Crippen LogP contribution in [0.4, 0.5) is 9.59 Å². The van der Waals surface area contributed by atoms with E-state index in [1.165, 1.54) is 5.06 Å².